The number of Topliss-reactive ketones (excluding diaryl/α,β-unsaturated/α-hetero) is 1. The van der Waals surface area contributed by atoms with Gasteiger partial charge in [-0.3, -0.25) is 0 Å². The van der Waals surface area contributed by atoms with Gasteiger partial charge in [0.15, 0.2) is 0 Å². The predicted molar refractivity (Wildman–Crippen MR) is 56.0 cm³/mol. The number of carbonyl (C=O) groups excluding carboxylic acids is 2. The van der Waals surface area contributed by atoms with Crippen molar-refractivity contribution in [2.75, 3.05) is 0 Å². The fourth-order valence-corrected chi connectivity index (χ4v) is 1.85. The third kappa shape index (κ3) is 2.79. The number of hydrogen-bond acceptors (Lipinski definition) is 2. The molecule has 0 N–H and O–H groups in total. The third-order valence-corrected chi connectivity index (χ3v) is 3.10. The maximum Gasteiger partial charge on any atom is 0.129 e. The lowest BCUT2D eigenvalue weighted by atomic mass is 9.73. The molecule has 1 rings (SSSR count). The molecule has 0 spiro atoms. The Kier molecular flexibility index (Phi) is 3.62. The van der Waals surface area contributed by atoms with E-state index in [0.717, 1.165) is 32.0 Å². The quantitative estimate of drug-likeness (QED) is 0.509. The van der Waals surface area contributed by atoms with Crippen LogP contribution in [0.2, 0.25) is 0 Å². The van der Waals surface area contributed by atoms with Crippen LogP contribution >= 0.6 is 0 Å². The van der Waals surface area contributed by atoms with Gasteiger partial charge in [0.25, 0.3) is 0 Å². The van der Waals surface area contributed by atoms with E-state index >= 15 is 0 Å². The minimum atomic E-state index is -0.245. The highest BCUT2D eigenvalue weighted by atomic mass is 16.1. The SMILES string of the molecule is CC(=O)CCC1(C=O)CC=C(C)CC1. The second-order valence-corrected chi connectivity index (χ2v) is 4.44. The topological polar surface area (TPSA) is 34.1 Å². The first-order valence-corrected chi connectivity index (χ1v) is 5.19. The van der Waals surface area contributed by atoms with E-state index < -0.39 is 0 Å². The molecule has 2 heteroatoms. The van der Waals surface area contributed by atoms with Crippen LogP contribution in [0.3, 0.4) is 0 Å². The molecule has 0 amide bonds. The smallest absolute Gasteiger partial charge is 0.129 e. The van der Waals surface area contributed by atoms with E-state index in [-0.39, 0.29) is 11.2 Å². The van der Waals surface area contributed by atoms with E-state index in [9.17, 15) is 9.59 Å². The Bertz CT molecular complexity index is 265. The van der Waals surface area contributed by atoms with Gasteiger partial charge >= 0.3 is 0 Å². The minimum Gasteiger partial charge on any atom is -0.303 e. The molecule has 0 saturated carbocycles. The van der Waals surface area contributed by atoms with Crippen LogP contribution in [0.1, 0.15) is 46.0 Å². The van der Waals surface area contributed by atoms with Crippen LogP contribution in [0.4, 0.5) is 0 Å². The normalized spacial score (nSPS) is 26.9. The van der Waals surface area contributed by atoms with Gasteiger partial charge in [0.2, 0.25) is 0 Å². The molecule has 78 valence electrons. The minimum absolute atomic E-state index is 0.178. The summed E-state index contributed by atoms with van der Waals surface area (Å²) in [4.78, 5) is 21.9. The molecular formula is C12H18O2. The predicted octanol–water partition coefficient (Wildman–Crippen LogP) is 2.67. The highest BCUT2D eigenvalue weighted by Crippen LogP contribution is 2.37. The molecule has 0 aromatic rings. The second kappa shape index (κ2) is 4.54. The molecule has 1 aliphatic rings. The number of rotatable bonds is 4. The van der Waals surface area contributed by atoms with Crippen LogP contribution in [0, 0.1) is 5.41 Å². The summed E-state index contributed by atoms with van der Waals surface area (Å²) < 4.78 is 0. The van der Waals surface area contributed by atoms with Gasteiger partial charge in [0.05, 0.1) is 0 Å². The molecule has 1 atom stereocenters. The van der Waals surface area contributed by atoms with E-state index in [1.54, 1.807) is 6.92 Å². The van der Waals surface area contributed by atoms with Crippen molar-refractivity contribution in [1.82, 2.24) is 0 Å². The highest BCUT2D eigenvalue weighted by molar-refractivity contribution is 5.76. The number of aldehydes is 1. The summed E-state index contributed by atoms with van der Waals surface area (Å²) in [6, 6.07) is 0. The van der Waals surface area contributed by atoms with Crippen molar-refractivity contribution in [3.05, 3.63) is 11.6 Å². The zero-order valence-corrected chi connectivity index (χ0v) is 9.01. The fraction of sp³-hybridized carbons (Fsp3) is 0.667. The lowest BCUT2D eigenvalue weighted by Gasteiger charge is -2.30. The first-order chi connectivity index (χ1) is 6.58. The van der Waals surface area contributed by atoms with Crippen molar-refractivity contribution in [3.63, 3.8) is 0 Å². The van der Waals surface area contributed by atoms with Gasteiger partial charge < -0.3 is 9.59 Å². The molecule has 0 radical (unpaired) electrons. The molecule has 0 aromatic carbocycles. The Labute approximate surface area is 85.4 Å². The van der Waals surface area contributed by atoms with E-state index in [4.69, 9.17) is 0 Å². The Balaban J connectivity index is 2.59. The zero-order valence-electron chi connectivity index (χ0n) is 9.01. The molecule has 0 heterocycles. The Morgan fingerprint density at radius 3 is 2.79 bits per heavy atom. The van der Waals surface area contributed by atoms with Crippen molar-refractivity contribution < 1.29 is 9.59 Å². The van der Waals surface area contributed by atoms with Gasteiger partial charge in [-0.2, -0.15) is 0 Å². The largest absolute Gasteiger partial charge is 0.303 e. The van der Waals surface area contributed by atoms with Crippen LogP contribution in [0.5, 0.6) is 0 Å². The first kappa shape index (κ1) is 11.2. The van der Waals surface area contributed by atoms with Crippen LogP contribution in [-0.2, 0) is 9.59 Å². The molecule has 1 aliphatic carbocycles. The van der Waals surface area contributed by atoms with Crippen molar-refractivity contribution in [3.8, 4) is 0 Å². The van der Waals surface area contributed by atoms with Gasteiger partial charge in [-0.25, -0.2) is 0 Å². The monoisotopic (exact) mass is 194 g/mol. The van der Waals surface area contributed by atoms with Crippen molar-refractivity contribution in [2.45, 2.75) is 46.0 Å². The first-order valence-electron chi connectivity index (χ1n) is 5.19. The van der Waals surface area contributed by atoms with Gasteiger partial charge in [-0.1, -0.05) is 11.6 Å². The van der Waals surface area contributed by atoms with Crippen LogP contribution in [0.15, 0.2) is 11.6 Å². The molecule has 2 nitrogen and oxygen atoms in total. The number of hydrogen-bond donors (Lipinski definition) is 0. The van der Waals surface area contributed by atoms with Crippen LogP contribution in [0.25, 0.3) is 0 Å². The maximum absolute atomic E-state index is 11.1. The van der Waals surface area contributed by atoms with Crippen LogP contribution < -0.4 is 0 Å². The van der Waals surface area contributed by atoms with Gasteiger partial charge in [0, 0.05) is 11.8 Å². The zero-order chi connectivity index (χ0) is 10.6. The molecule has 0 aliphatic heterocycles. The average molecular weight is 194 g/mol. The third-order valence-electron chi connectivity index (χ3n) is 3.10. The summed E-state index contributed by atoms with van der Waals surface area (Å²) in [7, 11) is 0. The summed E-state index contributed by atoms with van der Waals surface area (Å²) in [6.45, 7) is 3.68. The average Bonchev–Trinajstić information content (AvgIpc) is 2.18. The molecule has 0 fully saturated rings. The standard InChI is InChI=1S/C12H18O2/c1-10-3-6-12(9-13,7-4-10)8-5-11(2)14/h3,9H,4-8H2,1-2H3. The molecule has 0 aromatic heterocycles. The Morgan fingerprint density at radius 2 is 2.36 bits per heavy atom. The lowest BCUT2D eigenvalue weighted by molar-refractivity contribution is -0.120. The lowest BCUT2D eigenvalue weighted by Crippen LogP contribution is -2.25. The summed E-state index contributed by atoms with van der Waals surface area (Å²) in [6.07, 6.45) is 7.16. The Hall–Kier alpha value is -0.920. The molecule has 0 saturated heterocycles. The summed E-state index contributed by atoms with van der Waals surface area (Å²) in [5, 5.41) is 0. The highest BCUT2D eigenvalue weighted by Gasteiger charge is 2.30. The van der Waals surface area contributed by atoms with E-state index in [2.05, 4.69) is 13.0 Å². The summed E-state index contributed by atoms with van der Waals surface area (Å²) >= 11 is 0. The Morgan fingerprint density at radius 1 is 1.64 bits per heavy atom. The van der Waals surface area contributed by atoms with Gasteiger partial charge in [-0.05, 0) is 39.5 Å². The number of allylic oxidation sites excluding steroid dienone is 2. The molecular weight excluding hydrogens is 176 g/mol. The van der Waals surface area contributed by atoms with E-state index in [0.29, 0.717) is 6.42 Å². The number of ketones is 1. The molecule has 14 heavy (non-hydrogen) atoms. The maximum atomic E-state index is 11.1. The molecule has 1 unspecified atom stereocenters. The van der Waals surface area contributed by atoms with Gasteiger partial charge in [-0.15, -0.1) is 0 Å². The van der Waals surface area contributed by atoms with E-state index in [1.807, 2.05) is 0 Å². The fourth-order valence-electron chi connectivity index (χ4n) is 1.85. The summed E-state index contributed by atoms with van der Waals surface area (Å²) in [5.74, 6) is 0.178. The summed E-state index contributed by atoms with van der Waals surface area (Å²) in [5.41, 5.74) is 1.12. The second-order valence-electron chi connectivity index (χ2n) is 4.44. The van der Waals surface area contributed by atoms with Crippen molar-refractivity contribution in [2.24, 2.45) is 5.41 Å². The number of carbonyl (C=O) groups is 2. The molecule has 0 bridgehead atoms. The van der Waals surface area contributed by atoms with Crippen molar-refractivity contribution >= 4 is 12.1 Å². The van der Waals surface area contributed by atoms with E-state index in [1.165, 1.54) is 5.57 Å². The van der Waals surface area contributed by atoms with Crippen LogP contribution in [-0.4, -0.2) is 12.1 Å². The van der Waals surface area contributed by atoms with Gasteiger partial charge in [0.1, 0.15) is 12.1 Å². The van der Waals surface area contributed by atoms with Crippen molar-refractivity contribution in [1.29, 1.82) is 0 Å².